The molecule has 0 aromatic heterocycles. The highest BCUT2D eigenvalue weighted by molar-refractivity contribution is 4.91. The molecule has 0 bridgehead atoms. The highest BCUT2D eigenvalue weighted by Gasteiger charge is 2.45. The molecule has 1 nitrogen and oxygen atoms in total. The molecule has 1 N–H and O–H groups in total. The fourth-order valence-corrected chi connectivity index (χ4v) is 1.25. The van der Waals surface area contributed by atoms with Gasteiger partial charge in [-0.15, -0.1) is 0 Å². The summed E-state index contributed by atoms with van der Waals surface area (Å²) in [6.45, 7) is 7.94. The molecule has 1 saturated carbocycles. The van der Waals surface area contributed by atoms with Crippen molar-refractivity contribution in [3.05, 3.63) is 0 Å². The zero-order valence-corrected chi connectivity index (χ0v) is 8.32. The molecule has 0 spiro atoms. The molecule has 3 heteroatoms. The normalized spacial score (nSPS) is 21.2. The summed E-state index contributed by atoms with van der Waals surface area (Å²) in [4.78, 5) is 0. The van der Waals surface area contributed by atoms with Crippen molar-refractivity contribution in [3.63, 3.8) is 0 Å². The Morgan fingerprint density at radius 1 is 1.25 bits per heavy atom. The third kappa shape index (κ3) is 4.00. The maximum absolute atomic E-state index is 12.2. The largest absolute Gasteiger partial charge is 0.311 e. The van der Waals surface area contributed by atoms with Gasteiger partial charge >= 0.3 is 0 Å². The molecule has 0 aromatic carbocycles. The van der Waals surface area contributed by atoms with Crippen LogP contribution in [0.2, 0.25) is 0 Å². The fraction of sp³-hybridized carbons (Fsp3) is 1.00. The molecular formula is C9H19F2N. The van der Waals surface area contributed by atoms with Gasteiger partial charge in [-0.2, -0.15) is 0 Å². The molecular weight excluding hydrogens is 160 g/mol. The van der Waals surface area contributed by atoms with E-state index >= 15 is 0 Å². The molecule has 0 heterocycles. The van der Waals surface area contributed by atoms with Crippen LogP contribution in [-0.4, -0.2) is 18.0 Å². The highest BCUT2D eigenvalue weighted by Crippen LogP contribution is 2.37. The van der Waals surface area contributed by atoms with Crippen molar-refractivity contribution in [2.24, 2.45) is 0 Å². The van der Waals surface area contributed by atoms with Gasteiger partial charge in [0.25, 0.3) is 5.92 Å². The summed E-state index contributed by atoms with van der Waals surface area (Å²) in [7, 11) is 0. The van der Waals surface area contributed by atoms with Gasteiger partial charge in [0.1, 0.15) is 0 Å². The third-order valence-corrected chi connectivity index (χ3v) is 1.66. The van der Waals surface area contributed by atoms with Crippen molar-refractivity contribution >= 4 is 0 Å². The second kappa shape index (κ2) is 4.75. The Bertz CT molecular complexity index is 113. The van der Waals surface area contributed by atoms with Crippen LogP contribution in [0.4, 0.5) is 8.78 Å². The van der Waals surface area contributed by atoms with E-state index in [1.54, 1.807) is 0 Å². The lowest BCUT2D eigenvalue weighted by molar-refractivity contribution is -0.0940. The van der Waals surface area contributed by atoms with Gasteiger partial charge in [-0.05, 0) is 0 Å². The molecule has 74 valence electrons. The molecule has 12 heavy (non-hydrogen) atoms. The maximum Gasteiger partial charge on any atom is 0.251 e. The first-order valence-electron chi connectivity index (χ1n) is 4.63. The lowest BCUT2D eigenvalue weighted by Gasteiger charge is -2.36. The predicted octanol–water partition coefficient (Wildman–Crippen LogP) is 2.81. The maximum atomic E-state index is 12.2. The zero-order valence-electron chi connectivity index (χ0n) is 8.32. The monoisotopic (exact) mass is 179 g/mol. The average molecular weight is 179 g/mol. The number of halogens is 2. The van der Waals surface area contributed by atoms with E-state index in [4.69, 9.17) is 0 Å². The zero-order chi connectivity index (χ0) is 9.78. The van der Waals surface area contributed by atoms with Crippen molar-refractivity contribution in [1.29, 1.82) is 0 Å². The Hall–Kier alpha value is -0.180. The summed E-state index contributed by atoms with van der Waals surface area (Å²) in [5.41, 5.74) is 0. The number of rotatable bonds is 2. The van der Waals surface area contributed by atoms with Gasteiger partial charge in [-0.1, -0.05) is 27.7 Å². The van der Waals surface area contributed by atoms with Crippen molar-refractivity contribution in [3.8, 4) is 0 Å². The van der Waals surface area contributed by atoms with Crippen molar-refractivity contribution in [2.75, 3.05) is 0 Å². The second-order valence-corrected chi connectivity index (χ2v) is 3.28. The Kier molecular flexibility index (Phi) is 4.68. The molecule has 1 aliphatic carbocycles. The minimum absolute atomic E-state index is 0.0190. The number of alkyl halides is 2. The minimum atomic E-state index is -2.38. The van der Waals surface area contributed by atoms with Crippen LogP contribution in [0, 0.1) is 0 Å². The molecule has 1 aliphatic rings. The Morgan fingerprint density at radius 3 is 1.92 bits per heavy atom. The Balaban J connectivity index is 0.000000561. The molecule has 0 unspecified atom stereocenters. The number of hydrogen-bond donors (Lipinski definition) is 1. The van der Waals surface area contributed by atoms with Gasteiger partial charge in [0, 0.05) is 24.9 Å². The highest BCUT2D eigenvalue weighted by atomic mass is 19.3. The van der Waals surface area contributed by atoms with Crippen LogP contribution in [0.25, 0.3) is 0 Å². The summed E-state index contributed by atoms with van der Waals surface area (Å²) < 4.78 is 24.4. The molecule has 1 rings (SSSR count). The molecule has 0 radical (unpaired) electrons. The molecule has 1 fully saturated rings. The summed E-state index contributed by atoms with van der Waals surface area (Å²) in [6, 6.07) is 0.371. The summed E-state index contributed by atoms with van der Waals surface area (Å²) in [5, 5.41) is 3.05. The smallest absolute Gasteiger partial charge is 0.251 e. The van der Waals surface area contributed by atoms with Crippen molar-refractivity contribution in [2.45, 2.75) is 58.5 Å². The van der Waals surface area contributed by atoms with Crippen LogP contribution in [0.15, 0.2) is 0 Å². The van der Waals surface area contributed by atoms with E-state index in [2.05, 4.69) is 5.32 Å². The molecule has 0 aromatic rings. The van der Waals surface area contributed by atoms with E-state index in [1.165, 1.54) is 0 Å². The van der Waals surface area contributed by atoms with E-state index in [9.17, 15) is 8.78 Å². The van der Waals surface area contributed by atoms with E-state index in [0.717, 1.165) is 0 Å². The molecule has 0 atom stereocenters. The molecule has 0 amide bonds. The van der Waals surface area contributed by atoms with Gasteiger partial charge in [0.15, 0.2) is 0 Å². The van der Waals surface area contributed by atoms with Crippen molar-refractivity contribution in [1.82, 2.24) is 5.32 Å². The third-order valence-electron chi connectivity index (χ3n) is 1.66. The molecule has 0 aliphatic heterocycles. The van der Waals surface area contributed by atoms with E-state index in [1.807, 2.05) is 27.7 Å². The lowest BCUT2D eigenvalue weighted by Crippen LogP contribution is -2.50. The summed E-state index contributed by atoms with van der Waals surface area (Å²) in [6.07, 6.45) is 0.0381. The first-order valence-corrected chi connectivity index (χ1v) is 4.63. The number of hydrogen-bond acceptors (Lipinski definition) is 1. The average Bonchev–Trinajstić information content (AvgIpc) is 1.87. The van der Waals surface area contributed by atoms with Gasteiger partial charge in [0.2, 0.25) is 0 Å². The molecule has 0 saturated heterocycles. The van der Waals surface area contributed by atoms with Crippen LogP contribution < -0.4 is 5.32 Å². The number of nitrogens with one attached hydrogen (secondary N) is 1. The topological polar surface area (TPSA) is 12.0 Å². The van der Waals surface area contributed by atoms with E-state index in [0.29, 0.717) is 6.04 Å². The van der Waals surface area contributed by atoms with E-state index in [-0.39, 0.29) is 18.9 Å². The first-order chi connectivity index (χ1) is 5.49. The van der Waals surface area contributed by atoms with Gasteiger partial charge in [-0.25, -0.2) is 8.78 Å². The predicted molar refractivity (Wildman–Crippen MR) is 47.6 cm³/mol. The van der Waals surface area contributed by atoms with Crippen LogP contribution in [0.3, 0.4) is 0 Å². The fourth-order valence-electron chi connectivity index (χ4n) is 1.25. The second-order valence-electron chi connectivity index (χ2n) is 3.28. The van der Waals surface area contributed by atoms with Crippen LogP contribution in [0.5, 0.6) is 0 Å². The Morgan fingerprint density at radius 2 is 1.67 bits per heavy atom. The van der Waals surface area contributed by atoms with Gasteiger partial charge < -0.3 is 5.32 Å². The van der Waals surface area contributed by atoms with Gasteiger partial charge in [-0.3, -0.25) is 0 Å². The summed E-state index contributed by atoms with van der Waals surface area (Å²) >= 11 is 0. The first kappa shape index (κ1) is 11.8. The SMILES string of the molecule is CC.CC(C)NC1CC(F)(F)C1. The quantitative estimate of drug-likeness (QED) is 0.687. The Labute approximate surface area is 73.5 Å². The summed E-state index contributed by atoms with van der Waals surface area (Å²) in [5.74, 6) is -2.38. The standard InChI is InChI=1S/C7H13F2N.C2H6/c1-5(2)10-6-3-7(8,9)4-6;1-2/h5-6,10H,3-4H2,1-2H3;1-2H3. The van der Waals surface area contributed by atoms with Crippen LogP contribution in [-0.2, 0) is 0 Å². The van der Waals surface area contributed by atoms with Gasteiger partial charge in [0.05, 0.1) is 0 Å². The van der Waals surface area contributed by atoms with Crippen LogP contribution >= 0.6 is 0 Å². The minimum Gasteiger partial charge on any atom is -0.311 e. The van der Waals surface area contributed by atoms with E-state index < -0.39 is 5.92 Å². The lowest BCUT2D eigenvalue weighted by atomic mass is 9.88. The van der Waals surface area contributed by atoms with Crippen molar-refractivity contribution < 1.29 is 8.78 Å². The van der Waals surface area contributed by atoms with Crippen LogP contribution in [0.1, 0.15) is 40.5 Å².